The molecule has 0 saturated carbocycles. The lowest BCUT2D eigenvalue weighted by Crippen LogP contribution is -2.17. The molecule has 1 saturated heterocycles. The Kier molecular flexibility index (Phi) is 4.50. The minimum Gasteiger partial charge on any atom is -0.490 e. The van der Waals surface area contributed by atoms with Crippen LogP contribution in [-0.2, 0) is 4.79 Å². The van der Waals surface area contributed by atoms with Gasteiger partial charge in [-0.1, -0.05) is 35.6 Å². The van der Waals surface area contributed by atoms with Crippen molar-refractivity contribution in [2.24, 2.45) is 0 Å². The molecule has 1 amide bonds. The summed E-state index contributed by atoms with van der Waals surface area (Å²) in [6.45, 7) is 3.88. The van der Waals surface area contributed by atoms with Gasteiger partial charge in [0.15, 0.2) is 0 Å². The molecule has 1 aromatic rings. The van der Waals surface area contributed by atoms with E-state index >= 15 is 0 Å². The van der Waals surface area contributed by atoms with Crippen molar-refractivity contribution in [2.45, 2.75) is 20.0 Å². The van der Waals surface area contributed by atoms with Crippen LogP contribution < -0.4 is 10.1 Å². The number of thioether (sulfide) groups is 1. The van der Waals surface area contributed by atoms with Gasteiger partial charge in [0.2, 0.25) is 0 Å². The standard InChI is InChI=1S/C13H12ClNO2S2/c1-7(2)17-10-4-3-9(14)5-8(10)6-11-12(16)15-13(18)19-11/h3-7H,1-2H3,(H,15,16,18). The molecule has 0 radical (unpaired) electrons. The SMILES string of the molecule is CC(C)Oc1ccc(Cl)cc1C=C1SC(=S)NC1=O. The van der Waals surface area contributed by atoms with E-state index in [1.807, 2.05) is 13.8 Å². The molecule has 0 aliphatic carbocycles. The highest BCUT2D eigenvalue weighted by atomic mass is 35.5. The van der Waals surface area contributed by atoms with Crippen LogP contribution in [0.3, 0.4) is 0 Å². The molecule has 19 heavy (non-hydrogen) atoms. The molecule has 2 rings (SSSR count). The summed E-state index contributed by atoms with van der Waals surface area (Å²) in [5.74, 6) is 0.503. The van der Waals surface area contributed by atoms with E-state index in [0.29, 0.717) is 20.0 Å². The van der Waals surface area contributed by atoms with Gasteiger partial charge in [-0.25, -0.2) is 0 Å². The molecule has 6 heteroatoms. The van der Waals surface area contributed by atoms with Gasteiger partial charge in [0.05, 0.1) is 11.0 Å². The summed E-state index contributed by atoms with van der Waals surface area (Å²) in [4.78, 5) is 12.2. The van der Waals surface area contributed by atoms with Crippen molar-refractivity contribution in [3.63, 3.8) is 0 Å². The Morgan fingerprint density at radius 1 is 1.47 bits per heavy atom. The largest absolute Gasteiger partial charge is 0.490 e. The smallest absolute Gasteiger partial charge is 0.263 e. The molecule has 100 valence electrons. The highest BCUT2D eigenvalue weighted by Crippen LogP contribution is 2.31. The number of carbonyl (C=O) groups excluding carboxylic acids is 1. The average molecular weight is 314 g/mol. The number of ether oxygens (including phenoxy) is 1. The zero-order chi connectivity index (χ0) is 14.0. The maximum atomic E-state index is 11.6. The van der Waals surface area contributed by atoms with E-state index in [4.69, 9.17) is 28.6 Å². The number of thiocarbonyl (C=S) groups is 1. The number of carbonyl (C=O) groups is 1. The van der Waals surface area contributed by atoms with E-state index in [9.17, 15) is 4.79 Å². The van der Waals surface area contributed by atoms with Crippen molar-refractivity contribution in [2.75, 3.05) is 0 Å². The quantitative estimate of drug-likeness (QED) is 0.683. The summed E-state index contributed by atoms with van der Waals surface area (Å²) in [6.07, 6.45) is 1.78. The Morgan fingerprint density at radius 2 is 2.21 bits per heavy atom. The normalized spacial score (nSPS) is 17.2. The van der Waals surface area contributed by atoms with Crippen LogP contribution in [0.2, 0.25) is 5.02 Å². The van der Waals surface area contributed by atoms with Gasteiger partial charge in [-0.15, -0.1) is 0 Å². The van der Waals surface area contributed by atoms with Crippen LogP contribution in [0.5, 0.6) is 5.75 Å². The van der Waals surface area contributed by atoms with Crippen LogP contribution in [0.1, 0.15) is 19.4 Å². The summed E-state index contributed by atoms with van der Waals surface area (Å²) in [6, 6.07) is 5.32. The van der Waals surface area contributed by atoms with Crippen LogP contribution in [0, 0.1) is 0 Å². The molecule has 0 aromatic heterocycles. The molecule has 0 atom stereocenters. The van der Waals surface area contributed by atoms with Gasteiger partial charge in [0, 0.05) is 10.6 Å². The molecule has 1 fully saturated rings. The highest BCUT2D eigenvalue weighted by Gasteiger charge is 2.22. The van der Waals surface area contributed by atoms with Gasteiger partial charge in [0.25, 0.3) is 5.91 Å². The van der Waals surface area contributed by atoms with E-state index in [1.54, 1.807) is 24.3 Å². The van der Waals surface area contributed by atoms with E-state index < -0.39 is 0 Å². The summed E-state index contributed by atoms with van der Waals surface area (Å²) in [5, 5.41) is 3.17. The summed E-state index contributed by atoms with van der Waals surface area (Å²) < 4.78 is 6.16. The van der Waals surface area contributed by atoms with Crippen molar-refractivity contribution >= 4 is 51.9 Å². The molecule has 3 nitrogen and oxygen atoms in total. The Labute approximate surface area is 126 Å². The van der Waals surface area contributed by atoms with Gasteiger partial charge in [0.1, 0.15) is 10.1 Å². The summed E-state index contributed by atoms with van der Waals surface area (Å²) >= 11 is 12.2. The molecule has 1 aliphatic heterocycles. The number of amides is 1. The predicted molar refractivity (Wildman–Crippen MR) is 83.5 cm³/mol. The van der Waals surface area contributed by atoms with Crippen LogP contribution in [0.25, 0.3) is 6.08 Å². The lowest BCUT2D eigenvalue weighted by atomic mass is 10.2. The third-order valence-corrected chi connectivity index (χ3v) is 3.66. The molecular weight excluding hydrogens is 302 g/mol. The van der Waals surface area contributed by atoms with Gasteiger partial charge >= 0.3 is 0 Å². The predicted octanol–water partition coefficient (Wildman–Crippen LogP) is 3.62. The summed E-state index contributed by atoms with van der Waals surface area (Å²) in [7, 11) is 0. The fraction of sp³-hybridized carbons (Fsp3) is 0.231. The minimum atomic E-state index is -0.189. The van der Waals surface area contributed by atoms with Crippen LogP contribution in [0.15, 0.2) is 23.1 Å². The van der Waals surface area contributed by atoms with Crippen molar-refractivity contribution in [1.82, 2.24) is 5.32 Å². The number of halogens is 1. The van der Waals surface area contributed by atoms with Gasteiger partial charge < -0.3 is 10.1 Å². The Morgan fingerprint density at radius 3 is 2.79 bits per heavy atom. The van der Waals surface area contributed by atoms with Crippen molar-refractivity contribution in [3.8, 4) is 5.75 Å². The van der Waals surface area contributed by atoms with Crippen molar-refractivity contribution in [3.05, 3.63) is 33.7 Å². The monoisotopic (exact) mass is 313 g/mol. The van der Waals surface area contributed by atoms with Crippen LogP contribution in [0.4, 0.5) is 0 Å². The zero-order valence-corrected chi connectivity index (χ0v) is 12.8. The number of nitrogens with one attached hydrogen (secondary N) is 1. The lowest BCUT2D eigenvalue weighted by Gasteiger charge is -2.12. The fourth-order valence-electron chi connectivity index (χ4n) is 1.56. The number of hydrogen-bond acceptors (Lipinski definition) is 4. The third kappa shape index (κ3) is 3.72. The Bertz CT molecular complexity index is 570. The first-order chi connectivity index (χ1) is 8.95. The average Bonchev–Trinajstić information content (AvgIpc) is 2.61. The fourth-order valence-corrected chi connectivity index (χ4v) is 2.77. The molecule has 1 N–H and O–H groups in total. The van der Waals surface area contributed by atoms with Gasteiger partial charge in [-0.3, -0.25) is 4.79 Å². The highest BCUT2D eigenvalue weighted by molar-refractivity contribution is 8.26. The molecular formula is C13H12ClNO2S2. The second-order valence-electron chi connectivity index (χ2n) is 4.20. The number of rotatable bonds is 3. The number of benzene rings is 1. The van der Waals surface area contributed by atoms with E-state index in [0.717, 1.165) is 5.56 Å². The van der Waals surface area contributed by atoms with Crippen molar-refractivity contribution in [1.29, 1.82) is 0 Å². The maximum Gasteiger partial charge on any atom is 0.263 e. The van der Waals surface area contributed by atoms with Crippen LogP contribution >= 0.6 is 35.6 Å². The molecule has 0 spiro atoms. The first kappa shape index (κ1) is 14.4. The van der Waals surface area contributed by atoms with Gasteiger partial charge in [-0.05, 0) is 38.1 Å². The second kappa shape index (κ2) is 5.94. The van der Waals surface area contributed by atoms with E-state index in [-0.39, 0.29) is 12.0 Å². The van der Waals surface area contributed by atoms with E-state index in [1.165, 1.54) is 11.8 Å². The van der Waals surface area contributed by atoms with Gasteiger partial charge in [-0.2, -0.15) is 0 Å². The molecule has 1 aliphatic rings. The molecule has 0 unspecified atom stereocenters. The zero-order valence-electron chi connectivity index (χ0n) is 10.4. The first-order valence-corrected chi connectivity index (χ1v) is 7.27. The lowest BCUT2D eigenvalue weighted by molar-refractivity contribution is -0.115. The molecule has 1 aromatic carbocycles. The first-order valence-electron chi connectivity index (χ1n) is 5.67. The topological polar surface area (TPSA) is 38.3 Å². The van der Waals surface area contributed by atoms with Crippen LogP contribution in [-0.4, -0.2) is 16.3 Å². The minimum absolute atomic E-state index is 0.0458. The maximum absolute atomic E-state index is 11.6. The Hall–Kier alpha value is -1.04. The number of hydrogen-bond donors (Lipinski definition) is 1. The Balaban J connectivity index is 2.38. The molecule has 0 bridgehead atoms. The second-order valence-corrected chi connectivity index (χ2v) is 6.36. The third-order valence-electron chi connectivity index (χ3n) is 2.26. The van der Waals surface area contributed by atoms with E-state index in [2.05, 4.69) is 5.32 Å². The summed E-state index contributed by atoms with van der Waals surface area (Å²) in [5.41, 5.74) is 0.767. The van der Waals surface area contributed by atoms with Crippen molar-refractivity contribution < 1.29 is 9.53 Å². The molecule has 1 heterocycles.